The minimum Gasteiger partial charge on any atom is -0.368 e. The lowest BCUT2D eigenvalue weighted by molar-refractivity contribution is 0.104. The minimum absolute atomic E-state index is 0.349. The van der Waals surface area contributed by atoms with Crippen LogP contribution >= 0.6 is 22.6 Å². The summed E-state index contributed by atoms with van der Waals surface area (Å²) in [4.78, 5) is 6.65. The van der Waals surface area contributed by atoms with Crippen LogP contribution in [0.25, 0.3) is 11.0 Å². The van der Waals surface area contributed by atoms with Crippen molar-refractivity contribution in [1.82, 2.24) is 15.2 Å². The first-order chi connectivity index (χ1) is 6.81. The average molecular weight is 299 g/mol. The summed E-state index contributed by atoms with van der Waals surface area (Å²) < 4.78 is -0.349. The molecule has 4 nitrogen and oxygen atoms in total. The molecule has 1 unspecified atom stereocenters. The van der Waals surface area contributed by atoms with Gasteiger partial charge in [-0.2, -0.15) is 0 Å². The molecule has 0 aliphatic carbocycles. The number of benzene rings is 1. The molecule has 0 saturated carbocycles. The van der Waals surface area contributed by atoms with Gasteiger partial charge in [0.2, 0.25) is 4.11 Å². The fourth-order valence-electron chi connectivity index (χ4n) is 1.04. The molecule has 0 amide bonds. The summed E-state index contributed by atoms with van der Waals surface area (Å²) in [5.41, 5.74) is 1.59. The van der Waals surface area contributed by atoms with Crippen molar-refractivity contribution in [3.05, 3.63) is 24.3 Å². The van der Waals surface area contributed by atoms with E-state index in [1.54, 1.807) is 0 Å². The van der Waals surface area contributed by atoms with E-state index in [0.29, 0.717) is 0 Å². The van der Waals surface area contributed by atoms with E-state index in [9.17, 15) is 0 Å². The number of alkyl halides is 1. The molecule has 0 spiro atoms. The van der Waals surface area contributed by atoms with Gasteiger partial charge in [-0.15, -0.1) is 11.5 Å². The Bertz CT molecular complexity index is 488. The molecule has 0 aliphatic heterocycles. The van der Waals surface area contributed by atoms with Gasteiger partial charge in [0.15, 0.2) is 0 Å². The maximum absolute atomic E-state index is 5.31. The molecule has 1 aromatic heterocycles. The second-order valence-electron chi connectivity index (χ2n) is 2.54. The highest BCUT2D eigenvalue weighted by Gasteiger charge is 2.06. The van der Waals surface area contributed by atoms with Gasteiger partial charge in [-0.25, -0.2) is 0 Å². The van der Waals surface area contributed by atoms with Crippen LogP contribution in [-0.2, 0) is 0 Å². The third-order valence-electron chi connectivity index (χ3n) is 1.64. The Labute approximate surface area is 94.3 Å². The van der Waals surface area contributed by atoms with Crippen LogP contribution in [0.1, 0.15) is 0 Å². The molecule has 0 aliphatic rings. The summed E-state index contributed by atoms with van der Waals surface area (Å²) in [7, 11) is 0. The van der Waals surface area contributed by atoms with E-state index in [4.69, 9.17) is 11.3 Å². The monoisotopic (exact) mass is 299 g/mol. The average Bonchev–Trinajstić information content (AvgIpc) is 2.62. The van der Waals surface area contributed by atoms with Gasteiger partial charge < -0.3 is 4.84 Å². The molecule has 5 heteroatoms. The summed E-state index contributed by atoms with van der Waals surface area (Å²) in [5.74, 6) is 2.44. The first-order valence-electron chi connectivity index (χ1n) is 3.89. The van der Waals surface area contributed by atoms with Gasteiger partial charge in [0.1, 0.15) is 11.0 Å². The van der Waals surface area contributed by atoms with Crippen LogP contribution in [0.3, 0.4) is 0 Å². The topological polar surface area (TPSA) is 39.9 Å². The summed E-state index contributed by atoms with van der Waals surface area (Å²) in [6.07, 6.45) is 5.19. The maximum atomic E-state index is 5.31. The van der Waals surface area contributed by atoms with Crippen LogP contribution in [0, 0.1) is 12.3 Å². The summed E-state index contributed by atoms with van der Waals surface area (Å²) in [6, 6.07) is 7.52. The van der Waals surface area contributed by atoms with Crippen LogP contribution in [0.5, 0.6) is 0 Å². The molecule has 2 rings (SSSR count). The molecule has 2 aromatic rings. The molecule has 0 radical (unpaired) electrons. The fourth-order valence-corrected chi connectivity index (χ4v) is 1.26. The number of rotatable bonds is 2. The Balaban J connectivity index is 2.39. The highest BCUT2D eigenvalue weighted by atomic mass is 127. The van der Waals surface area contributed by atoms with Crippen molar-refractivity contribution >= 4 is 33.6 Å². The third kappa shape index (κ3) is 1.65. The van der Waals surface area contributed by atoms with Crippen molar-refractivity contribution < 1.29 is 4.84 Å². The number of para-hydroxylation sites is 1. The Kier molecular flexibility index (Phi) is 2.54. The molecular weight excluding hydrogens is 293 g/mol. The van der Waals surface area contributed by atoms with E-state index in [1.165, 1.54) is 4.85 Å². The highest BCUT2D eigenvalue weighted by molar-refractivity contribution is 14.1. The Morgan fingerprint density at radius 3 is 3.07 bits per heavy atom. The first kappa shape index (κ1) is 9.27. The summed E-state index contributed by atoms with van der Waals surface area (Å²) in [5, 5.41) is 7.75. The summed E-state index contributed by atoms with van der Waals surface area (Å²) >= 11 is 1.99. The molecule has 1 atom stereocenters. The second-order valence-corrected chi connectivity index (χ2v) is 3.67. The first-order valence-corrected chi connectivity index (χ1v) is 5.13. The van der Waals surface area contributed by atoms with Crippen molar-refractivity contribution in [3.63, 3.8) is 0 Å². The van der Waals surface area contributed by atoms with Crippen LogP contribution in [0.15, 0.2) is 24.3 Å². The molecule has 70 valence electrons. The van der Waals surface area contributed by atoms with E-state index in [2.05, 4.69) is 16.2 Å². The fraction of sp³-hybridized carbons (Fsp3) is 0.111. The molecule has 0 N–H and O–H groups in total. The Hall–Kier alpha value is -1.29. The van der Waals surface area contributed by atoms with Crippen molar-refractivity contribution in [2.24, 2.45) is 0 Å². The van der Waals surface area contributed by atoms with Crippen molar-refractivity contribution in [2.75, 3.05) is 0 Å². The SMILES string of the molecule is C#CC(I)On1nnc2ccccc21. The maximum Gasteiger partial charge on any atom is 0.236 e. The molecule has 14 heavy (non-hydrogen) atoms. The van der Waals surface area contributed by atoms with Crippen LogP contribution in [-0.4, -0.2) is 19.3 Å². The predicted octanol–water partition coefficient (Wildman–Crippen LogP) is 1.25. The van der Waals surface area contributed by atoms with Gasteiger partial charge >= 0.3 is 0 Å². The van der Waals surface area contributed by atoms with Gasteiger partial charge in [-0.3, -0.25) is 0 Å². The van der Waals surface area contributed by atoms with Crippen LogP contribution in [0.4, 0.5) is 0 Å². The highest BCUT2D eigenvalue weighted by Crippen LogP contribution is 2.09. The van der Waals surface area contributed by atoms with Gasteiger partial charge in [0.25, 0.3) is 0 Å². The minimum atomic E-state index is -0.349. The molecule has 0 saturated heterocycles. The number of halogens is 1. The lowest BCUT2D eigenvalue weighted by Crippen LogP contribution is -2.19. The number of aromatic nitrogens is 3. The number of fused-ring (bicyclic) bond motifs is 1. The van der Waals surface area contributed by atoms with Crippen molar-refractivity contribution in [1.29, 1.82) is 0 Å². The number of hydrogen-bond acceptors (Lipinski definition) is 3. The molecule has 0 fully saturated rings. The number of nitrogens with zero attached hydrogens (tertiary/aromatic N) is 3. The molecule has 1 heterocycles. The van der Waals surface area contributed by atoms with Crippen LogP contribution in [0.2, 0.25) is 0 Å². The second kappa shape index (κ2) is 3.84. The van der Waals surface area contributed by atoms with E-state index >= 15 is 0 Å². The summed E-state index contributed by atoms with van der Waals surface area (Å²) in [6.45, 7) is 0. The van der Waals surface area contributed by atoms with Crippen LogP contribution < -0.4 is 4.84 Å². The van der Waals surface area contributed by atoms with E-state index in [1.807, 2.05) is 46.9 Å². The zero-order valence-corrected chi connectivity index (χ0v) is 9.25. The zero-order valence-electron chi connectivity index (χ0n) is 7.09. The van der Waals surface area contributed by atoms with E-state index < -0.39 is 0 Å². The van der Waals surface area contributed by atoms with Gasteiger partial charge in [-0.05, 0) is 45.9 Å². The zero-order chi connectivity index (χ0) is 9.97. The van der Waals surface area contributed by atoms with Gasteiger partial charge in [-0.1, -0.05) is 17.0 Å². The largest absolute Gasteiger partial charge is 0.368 e. The van der Waals surface area contributed by atoms with E-state index in [0.717, 1.165) is 11.0 Å². The smallest absolute Gasteiger partial charge is 0.236 e. The quantitative estimate of drug-likeness (QED) is 0.476. The molecular formula is C9H6IN3O. The van der Waals surface area contributed by atoms with Gasteiger partial charge in [0.05, 0.1) is 0 Å². The molecule has 0 bridgehead atoms. The lowest BCUT2D eigenvalue weighted by atomic mass is 10.3. The third-order valence-corrected chi connectivity index (χ3v) is 2.23. The Morgan fingerprint density at radius 2 is 2.29 bits per heavy atom. The van der Waals surface area contributed by atoms with Crippen molar-refractivity contribution in [2.45, 2.75) is 4.11 Å². The van der Waals surface area contributed by atoms with E-state index in [-0.39, 0.29) is 4.11 Å². The predicted molar refractivity (Wildman–Crippen MR) is 60.7 cm³/mol. The number of hydrogen-bond donors (Lipinski definition) is 0. The Morgan fingerprint density at radius 1 is 1.50 bits per heavy atom. The lowest BCUT2D eigenvalue weighted by Gasteiger charge is -2.05. The number of terminal acetylenes is 1. The van der Waals surface area contributed by atoms with Crippen molar-refractivity contribution in [3.8, 4) is 12.3 Å². The normalized spacial score (nSPS) is 12.3. The van der Waals surface area contributed by atoms with Gasteiger partial charge in [0, 0.05) is 0 Å². The molecule has 1 aromatic carbocycles. The standard InChI is InChI=1S/C9H6IN3O/c1-2-9(10)14-13-8-6-4-3-5-7(8)11-12-13/h1,3-6,9H.